The molecule has 2 N–H and O–H groups in total. The quantitative estimate of drug-likeness (QED) is 0.792. The molecule has 0 heterocycles. The number of amides is 1. The Morgan fingerprint density at radius 2 is 2.06 bits per heavy atom. The third-order valence-electron chi connectivity index (χ3n) is 4.16. The summed E-state index contributed by atoms with van der Waals surface area (Å²) >= 11 is 0. The number of nitrogens with zero attached hydrogens (tertiary/aromatic N) is 1. The van der Waals surface area contributed by atoms with Crippen LogP contribution in [0.1, 0.15) is 53.4 Å². The molecule has 106 valence electrons. The zero-order valence-electron chi connectivity index (χ0n) is 12.5. The van der Waals surface area contributed by atoms with Crippen molar-refractivity contribution in [3.8, 4) is 0 Å². The van der Waals surface area contributed by atoms with Crippen molar-refractivity contribution in [2.75, 3.05) is 19.6 Å². The summed E-state index contributed by atoms with van der Waals surface area (Å²) in [5.74, 6) is 1.17. The summed E-state index contributed by atoms with van der Waals surface area (Å²) in [4.78, 5) is 14.7. The van der Waals surface area contributed by atoms with Gasteiger partial charge in [-0.3, -0.25) is 4.79 Å². The van der Waals surface area contributed by atoms with Crippen LogP contribution in [0.5, 0.6) is 0 Å². The zero-order valence-corrected chi connectivity index (χ0v) is 12.5. The molecule has 1 rings (SSSR count). The van der Waals surface area contributed by atoms with Gasteiger partial charge in [-0.25, -0.2) is 0 Å². The number of carbonyl (C=O) groups excluding carboxylic acids is 1. The first kappa shape index (κ1) is 15.5. The Bertz CT molecular complexity index is 276. The van der Waals surface area contributed by atoms with Crippen LogP contribution in [0, 0.1) is 17.3 Å². The van der Waals surface area contributed by atoms with Crippen LogP contribution in [0.25, 0.3) is 0 Å². The molecule has 0 aromatic carbocycles. The molecule has 1 amide bonds. The number of nitrogens with two attached hydrogens (primary N) is 1. The molecule has 0 radical (unpaired) electrons. The highest BCUT2D eigenvalue weighted by molar-refractivity contribution is 5.79. The normalized spacial score (nSPS) is 24.3. The minimum absolute atomic E-state index is 0.0205. The molecule has 2 unspecified atom stereocenters. The minimum atomic E-state index is 0.0205. The molecule has 3 nitrogen and oxygen atoms in total. The van der Waals surface area contributed by atoms with Crippen LogP contribution in [0.3, 0.4) is 0 Å². The van der Waals surface area contributed by atoms with Crippen LogP contribution >= 0.6 is 0 Å². The second-order valence-corrected chi connectivity index (χ2v) is 6.64. The summed E-state index contributed by atoms with van der Waals surface area (Å²) in [5.41, 5.74) is 5.81. The van der Waals surface area contributed by atoms with E-state index in [0.29, 0.717) is 18.4 Å². The maximum atomic E-state index is 12.6. The maximum Gasteiger partial charge on any atom is 0.225 e. The molecule has 0 aliphatic heterocycles. The molecule has 0 spiro atoms. The summed E-state index contributed by atoms with van der Waals surface area (Å²) in [6.07, 6.45) is 4.51. The molecule has 0 aromatic heterocycles. The van der Waals surface area contributed by atoms with Gasteiger partial charge < -0.3 is 10.6 Å². The van der Waals surface area contributed by atoms with Crippen molar-refractivity contribution < 1.29 is 4.79 Å². The molecule has 1 aliphatic carbocycles. The van der Waals surface area contributed by atoms with Gasteiger partial charge in [0.25, 0.3) is 0 Å². The lowest BCUT2D eigenvalue weighted by Gasteiger charge is -2.34. The van der Waals surface area contributed by atoms with E-state index in [1.54, 1.807) is 0 Å². The highest BCUT2D eigenvalue weighted by atomic mass is 16.2. The van der Waals surface area contributed by atoms with Gasteiger partial charge in [0.2, 0.25) is 5.91 Å². The second kappa shape index (κ2) is 6.55. The van der Waals surface area contributed by atoms with Gasteiger partial charge in [-0.1, -0.05) is 34.1 Å². The fraction of sp³-hybridized carbons (Fsp3) is 0.933. The first-order chi connectivity index (χ1) is 8.41. The van der Waals surface area contributed by atoms with Crippen molar-refractivity contribution >= 4 is 5.91 Å². The van der Waals surface area contributed by atoms with Crippen molar-refractivity contribution in [3.63, 3.8) is 0 Å². The number of rotatable bonds is 6. The van der Waals surface area contributed by atoms with Gasteiger partial charge in [0.15, 0.2) is 0 Å². The molecule has 3 heteroatoms. The van der Waals surface area contributed by atoms with E-state index in [2.05, 4.69) is 32.6 Å². The molecule has 0 aromatic rings. The minimum Gasteiger partial charge on any atom is -0.342 e. The Balaban J connectivity index is 2.68. The second-order valence-electron chi connectivity index (χ2n) is 6.64. The van der Waals surface area contributed by atoms with Gasteiger partial charge in [-0.05, 0) is 37.1 Å². The molecule has 18 heavy (non-hydrogen) atoms. The molecule has 1 aliphatic rings. The van der Waals surface area contributed by atoms with Gasteiger partial charge in [0, 0.05) is 19.0 Å². The Kier molecular flexibility index (Phi) is 5.64. The number of hydrogen-bond donors (Lipinski definition) is 1. The Labute approximate surface area is 112 Å². The van der Waals surface area contributed by atoms with Crippen LogP contribution in [0.2, 0.25) is 0 Å². The highest BCUT2D eigenvalue weighted by Gasteiger charge is 2.34. The summed E-state index contributed by atoms with van der Waals surface area (Å²) in [7, 11) is 0. The molecular formula is C15H30N2O. The topological polar surface area (TPSA) is 46.3 Å². The average Bonchev–Trinajstić information content (AvgIpc) is 2.74. The van der Waals surface area contributed by atoms with Crippen molar-refractivity contribution in [2.24, 2.45) is 23.0 Å². The third-order valence-corrected chi connectivity index (χ3v) is 4.16. The van der Waals surface area contributed by atoms with E-state index in [4.69, 9.17) is 5.73 Å². The van der Waals surface area contributed by atoms with Gasteiger partial charge in [0.05, 0.1) is 0 Å². The van der Waals surface area contributed by atoms with Gasteiger partial charge in [0.1, 0.15) is 0 Å². The summed E-state index contributed by atoms with van der Waals surface area (Å²) in [6, 6.07) is 0. The van der Waals surface area contributed by atoms with Gasteiger partial charge in [-0.15, -0.1) is 0 Å². The Hall–Kier alpha value is -0.570. The smallest absolute Gasteiger partial charge is 0.225 e. The molecule has 2 atom stereocenters. The summed E-state index contributed by atoms with van der Waals surface area (Å²) < 4.78 is 0. The van der Waals surface area contributed by atoms with Crippen LogP contribution in [0.15, 0.2) is 0 Å². The first-order valence-corrected chi connectivity index (χ1v) is 7.40. The van der Waals surface area contributed by atoms with E-state index in [-0.39, 0.29) is 11.3 Å². The van der Waals surface area contributed by atoms with E-state index < -0.39 is 0 Å². The SMILES string of the molecule is CCCN(CC(C)(C)CN)C(=O)C1CCCC1C. The van der Waals surface area contributed by atoms with Crippen molar-refractivity contribution in [1.82, 2.24) is 4.90 Å². The highest BCUT2D eigenvalue weighted by Crippen LogP contribution is 2.33. The predicted molar refractivity (Wildman–Crippen MR) is 76.2 cm³/mol. The monoisotopic (exact) mass is 254 g/mol. The van der Waals surface area contributed by atoms with Crippen molar-refractivity contribution in [1.29, 1.82) is 0 Å². The van der Waals surface area contributed by atoms with Crippen LogP contribution < -0.4 is 5.73 Å². The van der Waals surface area contributed by atoms with Crippen molar-refractivity contribution in [3.05, 3.63) is 0 Å². The molecule has 0 bridgehead atoms. The summed E-state index contributed by atoms with van der Waals surface area (Å²) in [6.45, 7) is 10.9. The van der Waals surface area contributed by atoms with Gasteiger partial charge >= 0.3 is 0 Å². The molecular weight excluding hydrogens is 224 g/mol. The Morgan fingerprint density at radius 1 is 1.39 bits per heavy atom. The summed E-state index contributed by atoms with van der Waals surface area (Å²) in [5, 5.41) is 0. The predicted octanol–water partition coefficient (Wildman–Crippen LogP) is 2.65. The molecule has 1 fully saturated rings. The molecule has 1 saturated carbocycles. The lowest BCUT2D eigenvalue weighted by Crippen LogP contribution is -2.45. The third kappa shape index (κ3) is 3.98. The van der Waals surface area contributed by atoms with E-state index in [0.717, 1.165) is 25.9 Å². The average molecular weight is 254 g/mol. The fourth-order valence-corrected chi connectivity index (χ4v) is 2.87. The van der Waals surface area contributed by atoms with E-state index in [1.165, 1.54) is 12.8 Å². The first-order valence-electron chi connectivity index (χ1n) is 7.40. The Morgan fingerprint density at radius 3 is 2.50 bits per heavy atom. The zero-order chi connectivity index (χ0) is 13.8. The maximum absolute atomic E-state index is 12.6. The molecule has 0 saturated heterocycles. The van der Waals surface area contributed by atoms with E-state index in [9.17, 15) is 4.79 Å². The van der Waals surface area contributed by atoms with E-state index in [1.807, 2.05) is 0 Å². The van der Waals surface area contributed by atoms with Crippen LogP contribution in [0.4, 0.5) is 0 Å². The number of carbonyl (C=O) groups is 1. The standard InChI is InChI=1S/C15H30N2O/c1-5-9-17(11-15(3,4)10-16)14(18)13-8-6-7-12(13)2/h12-13H,5-11,16H2,1-4H3. The largest absolute Gasteiger partial charge is 0.342 e. The van der Waals surface area contributed by atoms with Crippen LogP contribution in [-0.4, -0.2) is 30.4 Å². The van der Waals surface area contributed by atoms with Gasteiger partial charge in [-0.2, -0.15) is 0 Å². The lowest BCUT2D eigenvalue weighted by atomic mass is 9.91. The fourth-order valence-electron chi connectivity index (χ4n) is 2.87. The lowest BCUT2D eigenvalue weighted by molar-refractivity contribution is -0.138. The van der Waals surface area contributed by atoms with Crippen molar-refractivity contribution in [2.45, 2.75) is 53.4 Å². The number of hydrogen-bond acceptors (Lipinski definition) is 2. The van der Waals surface area contributed by atoms with E-state index >= 15 is 0 Å². The van der Waals surface area contributed by atoms with Crippen LogP contribution in [-0.2, 0) is 4.79 Å².